The lowest BCUT2D eigenvalue weighted by Gasteiger charge is -2.11. The number of hydrogen-bond donors (Lipinski definition) is 1. The highest BCUT2D eigenvalue weighted by Gasteiger charge is 2.07. The van der Waals surface area contributed by atoms with Crippen LogP contribution in [0.4, 0.5) is 0 Å². The van der Waals surface area contributed by atoms with Crippen molar-refractivity contribution in [3.05, 3.63) is 67.1 Å². The molecule has 1 heteroatoms. The molecule has 0 aliphatic carbocycles. The monoisotopic (exact) mass is 197 g/mol. The van der Waals surface area contributed by atoms with E-state index in [4.69, 9.17) is 0 Å². The molecular formula is C14H13O. The largest absolute Gasteiger partial charge is 0.388 e. The molecule has 2 aromatic rings. The van der Waals surface area contributed by atoms with Crippen molar-refractivity contribution in [1.82, 2.24) is 0 Å². The maximum Gasteiger partial charge on any atom is 0.0797 e. The summed E-state index contributed by atoms with van der Waals surface area (Å²) in [4.78, 5) is 0. The zero-order chi connectivity index (χ0) is 10.7. The fourth-order valence-corrected chi connectivity index (χ4v) is 1.67. The van der Waals surface area contributed by atoms with Crippen LogP contribution in [0.3, 0.4) is 0 Å². The van der Waals surface area contributed by atoms with Gasteiger partial charge in [0, 0.05) is 0 Å². The minimum Gasteiger partial charge on any atom is -0.388 e. The van der Waals surface area contributed by atoms with Gasteiger partial charge in [-0.2, -0.15) is 0 Å². The molecule has 75 valence electrons. The summed E-state index contributed by atoms with van der Waals surface area (Å²) in [5, 5.41) is 9.55. The third-order valence-electron chi connectivity index (χ3n) is 2.40. The molecule has 1 unspecified atom stereocenters. The molecule has 0 bridgehead atoms. The first-order chi connectivity index (χ1) is 7.29. The molecule has 2 aromatic carbocycles. The van der Waals surface area contributed by atoms with Crippen molar-refractivity contribution < 1.29 is 5.11 Å². The van der Waals surface area contributed by atoms with E-state index in [2.05, 4.69) is 6.92 Å². The summed E-state index contributed by atoms with van der Waals surface area (Å²) < 4.78 is 0. The number of aliphatic hydroxyl groups excluding tert-OH is 1. The molecule has 1 radical (unpaired) electrons. The van der Waals surface area contributed by atoms with Crippen LogP contribution in [0, 0.1) is 6.92 Å². The van der Waals surface area contributed by atoms with E-state index in [1.54, 1.807) is 0 Å². The number of aliphatic hydroxyl groups is 1. The predicted octanol–water partition coefficient (Wildman–Crippen LogP) is 3.22. The average Bonchev–Trinajstić information content (AvgIpc) is 2.30. The molecule has 0 fully saturated rings. The molecule has 0 saturated carbocycles. The van der Waals surface area contributed by atoms with Gasteiger partial charge in [0.05, 0.1) is 6.10 Å². The topological polar surface area (TPSA) is 20.2 Å². The second kappa shape index (κ2) is 4.28. The van der Waals surface area contributed by atoms with Gasteiger partial charge in [-0.05, 0) is 23.6 Å². The van der Waals surface area contributed by atoms with Crippen LogP contribution in [0.25, 0.3) is 11.1 Å². The minimum atomic E-state index is -0.679. The maximum atomic E-state index is 9.55. The van der Waals surface area contributed by atoms with Gasteiger partial charge in [-0.3, -0.25) is 0 Å². The standard InChI is InChI=1S/C14H13O/c1-11(15)13-9-5-6-10-14(13)12-7-3-2-4-8-12/h2-11,15H,1H2. The first-order valence-electron chi connectivity index (χ1n) is 4.94. The molecule has 1 atom stereocenters. The quantitative estimate of drug-likeness (QED) is 0.783. The van der Waals surface area contributed by atoms with Crippen molar-refractivity contribution in [3.8, 4) is 11.1 Å². The zero-order valence-electron chi connectivity index (χ0n) is 8.43. The molecule has 0 heterocycles. The molecule has 15 heavy (non-hydrogen) atoms. The first-order valence-corrected chi connectivity index (χ1v) is 4.94. The highest BCUT2D eigenvalue weighted by atomic mass is 16.3. The third kappa shape index (κ3) is 2.08. The van der Waals surface area contributed by atoms with Crippen molar-refractivity contribution in [2.24, 2.45) is 0 Å². The normalized spacial score (nSPS) is 12.4. The van der Waals surface area contributed by atoms with E-state index >= 15 is 0 Å². The highest BCUT2D eigenvalue weighted by molar-refractivity contribution is 5.67. The van der Waals surface area contributed by atoms with Crippen LogP contribution in [0.5, 0.6) is 0 Å². The van der Waals surface area contributed by atoms with Crippen molar-refractivity contribution in [2.45, 2.75) is 6.10 Å². The Bertz CT molecular complexity index is 432. The molecule has 0 aromatic heterocycles. The van der Waals surface area contributed by atoms with E-state index in [0.717, 1.165) is 16.7 Å². The van der Waals surface area contributed by atoms with Gasteiger partial charge < -0.3 is 5.11 Å². The van der Waals surface area contributed by atoms with E-state index < -0.39 is 6.10 Å². The summed E-state index contributed by atoms with van der Waals surface area (Å²) in [5.74, 6) is 0. The Morgan fingerprint density at radius 2 is 1.47 bits per heavy atom. The van der Waals surface area contributed by atoms with E-state index in [1.165, 1.54) is 0 Å². The lowest BCUT2D eigenvalue weighted by molar-refractivity contribution is 0.226. The van der Waals surface area contributed by atoms with Crippen LogP contribution in [-0.2, 0) is 0 Å². The van der Waals surface area contributed by atoms with Crippen molar-refractivity contribution in [1.29, 1.82) is 0 Å². The van der Waals surface area contributed by atoms with Gasteiger partial charge in [-0.25, -0.2) is 0 Å². The lowest BCUT2D eigenvalue weighted by Crippen LogP contribution is -1.94. The zero-order valence-corrected chi connectivity index (χ0v) is 8.43. The highest BCUT2D eigenvalue weighted by Crippen LogP contribution is 2.27. The predicted molar refractivity (Wildman–Crippen MR) is 62.2 cm³/mol. The van der Waals surface area contributed by atoms with Gasteiger partial charge in [0.15, 0.2) is 0 Å². The molecule has 0 amide bonds. The minimum absolute atomic E-state index is 0.679. The van der Waals surface area contributed by atoms with Crippen LogP contribution in [0.2, 0.25) is 0 Å². The van der Waals surface area contributed by atoms with Crippen LogP contribution < -0.4 is 0 Å². The molecule has 0 aliphatic heterocycles. The lowest BCUT2D eigenvalue weighted by atomic mass is 9.97. The second-order valence-electron chi connectivity index (χ2n) is 3.47. The Kier molecular flexibility index (Phi) is 2.84. The number of benzene rings is 2. The molecule has 0 spiro atoms. The fourth-order valence-electron chi connectivity index (χ4n) is 1.67. The fraction of sp³-hybridized carbons (Fsp3) is 0.0714. The smallest absolute Gasteiger partial charge is 0.0797 e. The summed E-state index contributed by atoms with van der Waals surface area (Å²) >= 11 is 0. The van der Waals surface area contributed by atoms with Crippen LogP contribution in [-0.4, -0.2) is 5.11 Å². The number of rotatable bonds is 2. The van der Waals surface area contributed by atoms with Gasteiger partial charge in [-0.1, -0.05) is 54.6 Å². The summed E-state index contributed by atoms with van der Waals surface area (Å²) in [7, 11) is 0. The second-order valence-corrected chi connectivity index (χ2v) is 3.47. The molecule has 0 saturated heterocycles. The van der Waals surface area contributed by atoms with Gasteiger partial charge >= 0.3 is 0 Å². The Hall–Kier alpha value is -1.60. The van der Waals surface area contributed by atoms with Crippen molar-refractivity contribution in [2.75, 3.05) is 0 Å². The summed E-state index contributed by atoms with van der Waals surface area (Å²) in [6, 6.07) is 17.8. The van der Waals surface area contributed by atoms with E-state index in [1.807, 2.05) is 54.6 Å². The Morgan fingerprint density at radius 1 is 0.867 bits per heavy atom. The van der Waals surface area contributed by atoms with Crippen LogP contribution in [0.15, 0.2) is 54.6 Å². The molecule has 2 rings (SSSR count). The Labute approximate surface area is 90.0 Å². The third-order valence-corrected chi connectivity index (χ3v) is 2.40. The van der Waals surface area contributed by atoms with Gasteiger partial charge in [-0.15, -0.1) is 0 Å². The Balaban J connectivity index is 2.53. The van der Waals surface area contributed by atoms with E-state index in [0.29, 0.717) is 0 Å². The van der Waals surface area contributed by atoms with Crippen molar-refractivity contribution in [3.63, 3.8) is 0 Å². The van der Waals surface area contributed by atoms with Crippen LogP contribution in [0.1, 0.15) is 11.7 Å². The summed E-state index contributed by atoms with van der Waals surface area (Å²) in [6.07, 6.45) is -0.679. The average molecular weight is 197 g/mol. The van der Waals surface area contributed by atoms with Gasteiger partial charge in [0.1, 0.15) is 0 Å². The molecule has 1 nitrogen and oxygen atoms in total. The maximum absolute atomic E-state index is 9.55. The first kappa shape index (κ1) is 9.94. The Morgan fingerprint density at radius 3 is 2.13 bits per heavy atom. The SMILES string of the molecule is [CH2]C(O)c1ccccc1-c1ccccc1. The van der Waals surface area contributed by atoms with Crippen molar-refractivity contribution >= 4 is 0 Å². The molecule has 1 N–H and O–H groups in total. The van der Waals surface area contributed by atoms with Crippen LogP contribution >= 0.6 is 0 Å². The van der Waals surface area contributed by atoms with Gasteiger partial charge in [0.25, 0.3) is 0 Å². The van der Waals surface area contributed by atoms with E-state index in [-0.39, 0.29) is 0 Å². The molecule has 0 aliphatic rings. The molecular weight excluding hydrogens is 184 g/mol. The number of hydrogen-bond acceptors (Lipinski definition) is 1. The van der Waals surface area contributed by atoms with E-state index in [9.17, 15) is 5.11 Å². The summed E-state index contributed by atoms with van der Waals surface area (Å²) in [6.45, 7) is 3.65. The van der Waals surface area contributed by atoms with Gasteiger partial charge in [0.2, 0.25) is 0 Å². The summed E-state index contributed by atoms with van der Waals surface area (Å²) in [5.41, 5.74) is 3.01.